The monoisotopic (exact) mass is 315 g/mol. The molecule has 0 aliphatic heterocycles. The zero-order valence-electron chi connectivity index (χ0n) is 11.5. The van der Waals surface area contributed by atoms with Crippen LogP contribution < -0.4 is 5.32 Å². The Kier molecular flexibility index (Phi) is 4.14. The zero-order chi connectivity index (χ0) is 13.3. The topological polar surface area (TPSA) is 39.1 Å². The fourth-order valence-corrected chi connectivity index (χ4v) is 3.19. The first kappa shape index (κ1) is 14.0. The van der Waals surface area contributed by atoms with Gasteiger partial charge in [-0.15, -0.1) is 0 Å². The molecule has 1 fully saturated rings. The van der Waals surface area contributed by atoms with Crippen LogP contribution in [0.1, 0.15) is 32.0 Å². The van der Waals surface area contributed by atoms with Crippen molar-refractivity contribution in [1.29, 1.82) is 0 Å². The standard InChI is InChI=1S/C13H22BrN3O/c1-13(2)7-9(13)11(15-3)12-10(14)8-16-17(12)5-6-18-4/h8-9,11,15H,5-7H2,1-4H3. The molecule has 1 saturated carbocycles. The number of rotatable bonds is 6. The number of aromatic nitrogens is 2. The van der Waals surface area contributed by atoms with E-state index in [2.05, 4.69) is 40.2 Å². The second-order valence-electron chi connectivity index (χ2n) is 5.66. The number of nitrogens with one attached hydrogen (secondary N) is 1. The predicted octanol–water partition coefficient (Wildman–Crippen LogP) is 2.60. The van der Waals surface area contributed by atoms with Crippen molar-refractivity contribution in [3.63, 3.8) is 0 Å². The van der Waals surface area contributed by atoms with Crippen molar-refractivity contribution in [3.8, 4) is 0 Å². The second kappa shape index (κ2) is 5.31. The summed E-state index contributed by atoms with van der Waals surface area (Å²) in [5.74, 6) is 0.678. The van der Waals surface area contributed by atoms with Crippen LogP contribution in [0.3, 0.4) is 0 Å². The Morgan fingerprint density at radius 3 is 2.83 bits per heavy atom. The first-order valence-electron chi connectivity index (χ1n) is 6.38. The van der Waals surface area contributed by atoms with E-state index >= 15 is 0 Å². The lowest BCUT2D eigenvalue weighted by atomic mass is 10.0. The number of ether oxygens (including phenoxy) is 1. The molecule has 1 N–H and O–H groups in total. The highest BCUT2D eigenvalue weighted by molar-refractivity contribution is 9.10. The third-order valence-corrected chi connectivity index (χ3v) is 4.55. The first-order valence-corrected chi connectivity index (χ1v) is 7.18. The minimum absolute atomic E-state index is 0.355. The van der Waals surface area contributed by atoms with Crippen molar-refractivity contribution in [3.05, 3.63) is 16.4 Å². The van der Waals surface area contributed by atoms with Gasteiger partial charge in [0.15, 0.2) is 0 Å². The molecule has 1 aliphatic carbocycles. The van der Waals surface area contributed by atoms with Crippen molar-refractivity contribution in [2.75, 3.05) is 20.8 Å². The summed E-state index contributed by atoms with van der Waals surface area (Å²) in [5, 5.41) is 7.88. The SMILES string of the molecule is CNC(c1c(Br)cnn1CCOC)C1CC1(C)C. The van der Waals surface area contributed by atoms with Crippen LogP contribution in [0.25, 0.3) is 0 Å². The van der Waals surface area contributed by atoms with Crippen molar-refractivity contribution in [1.82, 2.24) is 15.1 Å². The molecule has 2 unspecified atom stereocenters. The Bertz CT molecular complexity index is 416. The number of hydrogen-bond donors (Lipinski definition) is 1. The summed E-state index contributed by atoms with van der Waals surface area (Å²) in [5.41, 5.74) is 1.67. The summed E-state index contributed by atoms with van der Waals surface area (Å²) in [6.07, 6.45) is 3.14. The summed E-state index contributed by atoms with van der Waals surface area (Å²) in [6.45, 7) is 6.13. The van der Waals surface area contributed by atoms with Gasteiger partial charge >= 0.3 is 0 Å². The van der Waals surface area contributed by atoms with Gasteiger partial charge in [-0.3, -0.25) is 4.68 Å². The summed E-state index contributed by atoms with van der Waals surface area (Å²) < 4.78 is 8.27. The molecule has 0 radical (unpaired) electrons. The first-order chi connectivity index (χ1) is 8.51. The molecule has 2 rings (SSSR count). The number of halogens is 1. The average Bonchev–Trinajstić information content (AvgIpc) is 2.79. The molecule has 102 valence electrons. The van der Waals surface area contributed by atoms with E-state index in [-0.39, 0.29) is 0 Å². The Hall–Kier alpha value is -0.390. The van der Waals surface area contributed by atoms with E-state index in [9.17, 15) is 0 Å². The van der Waals surface area contributed by atoms with Crippen LogP contribution in [0, 0.1) is 11.3 Å². The highest BCUT2D eigenvalue weighted by Crippen LogP contribution is 2.58. The fourth-order valence-electron chi connectivity index (χ4n) is 2.64. The Labute approximate surface area is 117 Å². The minimum atomic E-state index is 0.355. The lowest BCUT2D eigenvalue weighted by Gasteiger charge is -2.20. The summed E-state index contributed by atoms with van der Waals surface area (Å²) >= 11 is 3.62. The maximum Gasteiger partial charge on any atom is 0.0699 e. The predicted molar refractivity (Wildman–Crippen MR) is 75.5 cm³/mol. The molecule has 1 aromatic heterocycles. The van der Waals surface area contributed by atoms with E-state index in [1.54, 1.807) is 7.11 Å². The van der Waals surface area contributed by atoms with Crippen LogP contribution in [-0.2, 0) is 11.3 Å². The molecular formula is C13H22BrN3O. The van der Waals surface area contributed by atoms with Crippen LogP contribution in [0.5, 0.6) is 0 Å². The van der Waals surface area contributed by atoms with E-state index in [0.29, 0.717) is 24.0 Å². The largest absolute Gasteiger partial charge is 0.383 e. The summed E-state index contributed by atoms with van der Waals surface area (Å²) in [4.78, 5) is 0. The minimum Gasteiger partial charge on any atom is -0.383 e. The molecule has 0 amide bonds. The Morgan fingerprint density at radius 2 is 2.33 bits per heavy atom. The van der Waals surface area contributed by atoms with Crippen molar-refractivity contribution < 1.29 is 4.74 Å². The van der Waals surface area contributed by atoms with Gasteiger partial charge in [0.25, 0.3) is 0 Å². The van der Waals surface area contributed by atoms with Gasteiger partial charge in [0.2, 0.25) is 0 Å². The van der Waals surface area contributed by atoms with Gasteiger partial charge < -0.3 is 10.1 Å². The maximum atomic E-state index is 5.14. The number of hydrogen-bond acceptors (Lipinski definition) is 3. The van der Waals surface area contributed by atoms with Gasteiger partial charge in [-0.2, -0.15) is 5.10 Å². The molecule has 0 bridgehead atoms. The van der Waals surface area contributed by atoms with Gasteiger partial charge in [0, 0.05) is 7.11 Å². The van der Waals surface area contributed by atoms with Crippen molar-refractivity contribution in [2.24, 2.45) is 11.3 Å². The van der Waals surface area contributed by atoms with Gasteiger partial charge in [-0.25, -0.2) is 0 Å². The Balaban J connectivity index is 2.22. The molecule has 1 aliphatic rings. The molecule has 2 atom stereocenters. The molecule has 4 nitrogen and oxygen atoms in total. The van der Waals surface area contributed by atoms with Crippen LogP contribution in [0.4, 0.5) is 0 Å². The van der Waals surface area contributed by atoms with Gasteiger partial charge in [-0.05, 0) is 40.7 Å². The van der Waals surface area contributed by atoms with E-state index in [0.717, 1.165) is 11.0 Å². The Morgan fingerprint density at radius 1 is 1.67 bits per heavy atom. The van der Waals surface area contributed by atoms with Crippen molar-refractivity contribution in [2.45, 2.75) is 32.9 Å². The molecule has 0 spiro atoms. The molecule has 1 aromatic rings. The van der Waals surface area contributed by atoms with E-state index in [1.807, 2.05) is 17.9 Å². The van der Waals surface area contributed by atoms with Gasteiger partial charge in [0.1, 0.15) is 0 Å². The van der Waals surface area contributed by atoms with Crippen molar-refractivity contribution >= 4 is 15.9 Å². The molecule has 18 heavy (non-hydrogen) atoms. The highest BCUT2D eigenvalue weighted by Gasteiger charge is 2.51. The van der Waals surface area contributed by atoms with Gasteiger partial charge in [0.05, 0.1) is 35.6 Å². The molecule has 0 aromatic carbocycles. The maximum absolute atomic E-state index is 5.14. The third kappa shape index (κ3) is 2.63. The fraction of sp³-hybridized carbons (Fsp3) is 0.769. The van der Waals surface area contributed by atoms with E-state index in [4.69, 9.17) is 4.74 Å². The lowest BCUT2D eigenvalue weighted by molar-refractivity contribution is 0.181. The number of nitrogens with zero attached hydrogens (tertiary/aromatic N) is 2. The lowest BCUT2D eigenvalue weighted by Crippen LogP contribution is -2.25. The second-order valence-corrected chi connectivity index (χ2v) is 6.51. The molecule has 1 heterocycles. The quantitative estimate of drug-likeness (QED) is 0.877. The summed E-state index contributed by atoms with van der Waals surface area (Å²) in [6, 6.07) is 0.355. The molecule has 5 heteroatoms. The normalized spacial score (nSPS) is 23.1. The highest BCUT2D eigenvalue weighted by atomic mass is 79.9. The van der Waals surface area contributed by atoms with Crippen LogP contribution >= 0.6 is 15.9 Å². The summed E-state index contributed by atoms with van der Waals surface area (Å²) in [7, 11) is 3.75. The van der Waals surface area contributed by atoms with E-state index in [1.165, 1.54) is 12.1 Å². The van der Waals surface area contributed by atoms with Crippen LogP contribution in [-0.4, -0.2) is 30.5 Å². The number of methoxy groups -OCH3 is 1. The average molecular weight is 316 g/mol. The molecular weight excluding hydrogens is 294 g/mol. The zero-order valence-corrected chi connectivity index (χ0v) is 13.1. The van der Waals surface area contributed by atoms with Crippen LogP contribution in [0.2, 0.25) is 0 Å². The van der Waals surface area contributed by atoms with Gasteiger partial charge in [-0.1, -0.05) is 13.8 Å². The molecule has 0 saturated heterocycles. The van der Waals surface area contributed by atoms with Crippen LogP contribution in [0.15, 0.2) is 10.7 Å². The third-order valence-electron chi connectivity index (χ3n) is 3.94. The smallest absolute Gasteiger partial charge is 0.0699 e. The van der Waals surface area contributed by atoms with E-state index < -0.39 is 0 Å².